The van der Waals surface area contributed by atoms with Crippen molar-refractivity contribution in [2.75, 3.05) is 19.6 Å². The standard InChI is InChI=1S/C20H31N3O2S/c1-20(2,3)11-17(24)23-10-4-5-15(12-23)19-22-16(13-26-19)8-9-21-18(25)14-6-7-14/h13-15H,4-12H2,1-3H3,(H,21,25). The van der Waals surface area contributed by atoms with Gasteiger partial charge < -0.3 is 10.2 Å². The summed E-state index contributed by atoms with van der Waals surface area (Å²) in [6.45, 7) is 8.67. The first-order valence-corrected chi connectivity index (χ1v) is 10.7. The number of hydrogen-bond donors (Lipinski definition) is 1. The van der Waals surface area contributed by atoms with Gasteiger partial charge in [0, 0.05) is 49.7 Å². The molecule has 1 N–H and O–H groups in total. The van der Waals surface area contributed by atoms with E-state index in [1.807, 2.05) is 4.90 Å². The topological polar surface area (TPSA) is 62.3 Å². The second-order valence-electron chi connectivity index (χ2n) is 8.91. The highest BCUT2D eigenvalue weighted by Gasteiger charge is 2.30. The van der Waals surface area contributed by atoms with Gasteiger partial charge in [0.1, 0.15) is 0 Å². The van der Waals surface area contributed by atoms with Crippen LogP contribution >= 0.6 is 11.3 Å². The van der Waals surface area contributed by atoms with Crippen LogP contribution in [0.15, 0.2) is 5.38 Å². The Bertz CT molecular complexity index is 646. The number of carbonyl (C=O) groups is 2. The number of nitrogens with one attached hydrogen (secondary N) is 1. The lowest BCUT2D eigenvalue weighted by Crippen LogP contribution is -2.40. The van der Waals surface area contributed by atoms with Gasteiger partial charge >= 0.3 is 0 Å². The summed E-state index contributed by atoms with van der Waals surface area (Å²) < 4.78 is 0. The van der Waals surface area contributed by atoms with Gasteiger partial charge in [0.15, 0.2) is 0 Å². The Morgan fingerprint density at radius 1 is 1.31 bits per heavy atom. The molecule has 144 valence electrons. The van der Waals surface area contributed by atoms with Gasteiger partial charge in [-0.1, -0.05) is 20.8 Å². The van der Waals surface area contributed by atoms with Crippen LogP contribution in [0, 0.1) is 11.3 Å². The minimum Gasteiger partial charge on any atom is -0.355 e. The quantitative estimate of drug-likeness (QED) is 0.827. The monoisotopic (exact) mass is 377 g/mol. The van der Waals surface area contributed by atoms with E-state index in [4.69, 9.17) is 4.98 Å². The molecule has 26 heavy (non-hydrogen) atoms. The molecule has 3 rings (SSSR count). The maximum atomic E-state index is 12.5. The number of piperidine rings is 1. The summed E-state index contributed by atoms with van der Waals surface area (Å²) in [4.78, 5) is 31.0. The van der Waals surface area contributed by atoms with Crippen LogP contribution in [0.4, 0.5) is 0 Å². The molecule has 0 radical (unpaired) electrons. The van der Waals surface area contributed by atoms with Crippen molar-refractivity contribution in [2.24, 2.45) is 11.3 Å². The first-order chi connectivity index (χ1) is 12.3. The van der Waals surface area contributed by atoms with Gasteiger partial charge in [-0.25, -0.2) is 4.98 Å². The normalized spacial score (nSPS) is 20.9. The molecule has 1 unspecified atom stereocenters. The Hall–Kier alpha value is -1.43. The van der Waals surface area contributed by atoms with Crippen molar-refractivity contribution >= 4 is 23.2 Å². The van der Waals surface area contributed by atoms with Crippen LogP contribution < -0.4 is 5.32 Å². The lowest BCUT2D eigenvalue weighted by Gasteiger charge is -2.33. The van der Waals surface area contributed by atoms with Gasteiger partial charge in [0.25, 0.3) is 0 Å². The summed E-state index contributed by atoms with van der Waals surface area (Å²) in [5.74, 6) is 1.08. The van der Waals surface area contributed by atoms with Crippen LogP contribution in [0.25, 0.3) is 0 Å². The highest BCUT2D eigenvalue weighted by molar-refractivity contribution is 7.09. The van der Waals surface area contributed by atoms with Crippen LogP contribution in [0.1, 0.15) is 69.5 Å². The van der Waals surface area contributed by atoms with Crippen molar-refractivity contribution in [3.63, 3.8) is 0 Å². The number of thiazole rings is 1. The van der Waals surface area contributed by atoms with Crippen molar-refractivity contribution < 1.29 is 9.59 Å². The lowest BCUT2D eigenvalue weighted by molar-refractivity contribution is -0.134. The molecule has 2 heterocycles. The molecule has 1 aromatic heterocycles. The number of nitrogens with zero attached hydrogens (tertiary/aromatic N) is 2. The Labute approximate surface area is 160 Å². The molecular formula is C20H31N3O2S. The Morgan fingerprint density at radius 2 is 2.08 bits per heavy atom. The van der Waals surface area contributed by atoms with E-state index in [1.165, 1.54) is 0 Å². The fraction of sp³-hybridized carbons (Fsp3) is 0.750. The predicted octanol–water partition coefficient (Wildman–Crippen LogP) is 3.35. The third kappa shape index (κ3) is 5.53. The van der Waals surface area contributed by atoms with Crippen LogP contribution in [0.3, 0.4) is 0 Å². The fourth-order valence-corrected chi connectivity index (χ4v) is 4.38. The molecule has 1 atom stereocenters. The minimum absolute atomic E-state index is 0.0310. The number of rotatable bonds is 6. The van der Waals surface area contributed by atoms with E-state index in [9.17, 15) is 9.59 Å². The van der Waals surface area contributed by atoms with Crippen molar-refractivity contribution in [3.8, 4) is 0 Å². The van der Waals surface area contributed by atoms with Crippen LogP contribution in [0.5, 0.6) is 0 Å². The first kappa shape index (κ1) is 19.3. The summed E-state index contributed by atoms with van der Waals surface area (Å²) in [5.41, 5.74) is 1.09. The van der Waals surface area contributed by atoms with E-state index in [2.05, 4.69) is 31.5 Å². The molecule has 1 aliphatic heterocycles. The summed E-state index contributed by atoms with van der Waals surface area (Å²) in [6, 6.07) is 0. The molecule has 1 saturated heterocycles. The molecule has 5 nitrogen and oxygen atoms in total. The van der Waals surface area contributed by atoms with E-state index in [0.29, 0.717) is 18.9 Å². The van der Waals surface area contributed by atoms with Gasteiger partial charge in [-0.2, -0.15) is 0 Å². The molecule has 2 amide bonds. The second-order valence-corrected chi connectivity index (χ2v) is 9.80. The average molecular weight is 378 g/mol. The summed E-state index contributed by atoms with van der Waals surface area (Å²) in [6.07, 6.45) is 5.62. The third-order valence-electron chi connectivity index (χ3n) is 5.00. The number of carbonyl (C=O) groups excluding carboxylic acids is 2. The van der Waals surface area contributed by atoms with Gasteiger partial charge in [-0.05, 0) is 31.1 Å². The number of amides is 2. The molecule has 6 heteroatoms. The zero-order valence-electron chi connectivity index (χ0n) is 16.2. The van der Waals surface area contributed by atoms with Crippen molar-refractivity contribution in [1.29, 1.82) is 0 Å². The Balaban J connectivity index is 1.49. The SMILES string of the molecule is CC(C)(C)CC(=O)N1CCCC(c2nc(CCNC(=O)C3CC3)cs2)C1. The average Bonchev–Trinajstić information content (AvgIpc) is 3.33. The summed E-state index contributed by atoms with van der Waals surface area (Å²) in [7, 11) is 0. The smallest absolute Gasteiger partial charge is 0.223 e. The second kappa shape index (κ2) is 8.07. The Morgan fingerprint density at radius 3 is 2.77 bits per heavy atom. The van der Waals surface area contributed by atoms with E-state index in [0.717, 1.165) is 55.9 Å². The van der Waals surface area contributed by atoms with Crippen molar-refractivity contribution in [2.45, 2.75) is 65.2 Å². The number of likely N-dealkylation sites (tertiary alicyclic amines) is 1. The minimum atomic E-state index is 0.0310. The van der Waals surface area contributed by atoms with Crippen molar-refractivity contribution in [1.82, 2.24) is 15.2 Å². The van der Waals surface area contributed by atoms with E-state index < -0.39 is 0 Å². The molecule has 0 bridgehead atoms. The van der Waals surface area contributed by atoms with Gasteiger partial charge in [0.2, 0.25) is 11.8 Å². The molecule has 1 aromatic rings. The zero-order chi connectivity index (χ0) is 18.7. The number of hydrogen-bond acceptors (Lipinski definition) is 4. The molecule has 0 spiro atoms. The molecular weight excluding hydrogens is 346 g/mol. The summed E-state index contributed by atoms with van der Waals surface area (Å²) in [5, 5.41) is 6.24. The third-order valence-corrected chi connectivity index (χ3v) is 6.06. The summed E-state index contributed by atoms with van der Waals surface area (Å²) >= 11 is 1.70. The zero-order valence-corrected chi connectivity index (χ0v) is 17.0. The predicted molar refractivity (Wildman–Crippen MR) is 104 cm³/mol. The van der Waals surface area contributed by atoms with E-state index in [1.54, 1.807) is 11.3 Å². The Kier molecular flexibility index (Phi) is 6.00. The highest BCUT2D eigenvalue weighted by Crippen LogP contribution is 2.31. The van der Waals surface area contributed by atoms with Gasteiger partial charge in [-0.15, -0.1) is 11.3 Å². The molecule has 2 aliphatic rings. The van der Waals surface area contributed by atoms with Crippen LogP contribution in [-0.2, 0) is 16.0 Å². The van der Waals surface area contributed by atoms with Crippen LogP contribution in [0.2, 0.25) is 0 Å². The largest absolute Gasteiger partial charge is 0.355 e. The van der Waals surface area contributed by atoms with Gasteiger partial charge in [-0.3, -0.25) is 9.59 Å². The molecule has 2 fully saturated rings. The molecule has 0 aromatic carbocycles. The fourth-order valence-electron chi connectivity index (χ4n) is 3.40. The van der Waals surface area contributed by atoms with Gasteiger partial charge in [0.05, 0.1) is 10.7 Å². The van der Waals surface area contributed by atoms with Crippen molar-refractivity contribution in [3.05, 3.63) is 16.1 Å². The number of aromatic nitrogens is 1. The van der Waals surface area contributed by atoms with E-state index >= 15 is 0 Å². The van der Waals surface area contributed by atoms with E-state index in [-0.39, 0.29) is 23.1 Å². The lowest BCUT2D eigenvalue weighted by atomic mass is 9.90. The highest BCUT2D eigenvalue weighted by atomic mass is 32.1. The van der Waals surface area contributed by atoms with Crippen LogP contribution in [-0.4, -0.2) is 41.3 Å². The maximum absolute atomic E-state index is 12.5. The molecule has 1 aliphatic carbocycles. The maximum Gasteiger partial charge on any atom is 0.223 e. The molecule has 1 saturated carbocycles. The first-order valence-electron chi connectivity index (χ1n) is 9.81.